The lowest BCUT2D eigenvalue weighted by molar-refractivity contribution is -0.130. The number of hydrogen-bond acceptors (Lipinski definition) is 2. The first-order valence-electron chi connectivity index (χ1n) is 7.98. The Morgan fingerprint density at radius 2 is 1.74 bits per heavy atom. The van der Waals surface area contributed by atoms with E-state index in [2.05, 4.69) is 22.8 Å². The SMILES string of the molecule is CC(C)(C)C(=O)NCC(=O)Nc1ccc2c3c(cccc13)CC2. The van der Waals surface area contributed by atoms with Crippen LogP contribution >= 0.6 is 0 Å². The molecule has 2 aromatic carbocycles. The fourth-order valence-electron chi connectivity index (χ4n) is 2.98. The monoisotopic (exact) mass is 310 g/mol. The Kier molecular flexibility index (Phi) is 3.84. The normalized spacial score (nSPS) is 13.2. The summed E-state index contributed by atoms with van der Waals surface area (Å²) in [6.07, 6.45) is 2.12. The highest BCUT2D eigenvalue weighted by Crippen LogP contribution is 2.34. The molecule has 4 heteroatoms. The molecule has 0 heterocycles. The highest BCUT2D eigenvalue weighted by Gasteiger charge is 2.22. The Morgan fingerprint density at radius 1 is 1.04 bits per heavy atom. The maximum Gasteiger partial charge on any atom is 0.243 e. The number of anilines is 1. The zero-order valence-electron chi connectivity index (χ0n) is 13.8. The van der Waals surface area contributed by atoms with E-state index in [-0.39, 0.29) is 18.4 Å². The van der Waals surface area contributed by atoms with Crippen LogP contribution in [0.2, 0.25) is 0 Å². The molecule has 0 atom stereocenters. The molecule has 2 N–H and O–H groups in total. The second kappa shape index (κ2) is 5.69. The molecule has 0 unspecified atom stereocenters. The Morgan fingerprint density at radius 3 is 2.43 bits per heavy atom. The van der Waals surface area contributed by atoms with Crippen LogP contribution in [0.15, 0.2) is 30.3 Å². The average molecular weight is 310 g/mol. The van der Waals surface area contributed by atoms with Crippen LogP contribution in [0.1, 0.15) is 31.9 Å². The fourth-order valence-corrected chi connectivity index (χ4v) is 2.98. The van der Waals surface area contributed by atoms with Crippen molar-refractivity contribution in [3.63, 3.8) is 0 Å². The fraction of sp³-hybridized carbons (Fsp3) is 0.368. The molecule has 0 aromatic heterocycles. The molecular formula is C19H22N2O2. The van der Waals surface area contributed by atoms with E-state index >= 15 is 0 Å². The largest absolute Gasteiger partial charge is 0.347 e. The highest BCUT2D eigenvalue weighted by molar-refractivity contribution is 6.06. The Bertz CT molecular complexity index is 778. The number of carbonyl (C=O) groups excluding carboxylic acids is 2. The first-order valence-corrected chi connectivity index (χ1v) is 7.98. The van der Waals surface area contributed by atoms with E-state index in [0.29, 0.717) is 0 Å². The van der Waals surface area contributed by atoms with Gasteiger partial charge in [-0.15, -0.1) is 0 Å². The highest BCUT2D eigenvalue weighted by atomic mass is 16.2. The first-order chi connectivity index (χ1) is 10.9. The van der Waals surface area contributed by atoms with E-state index in [1.807, 2.05) is 39.0 Å². The minimum Gasteiger partial charge on any atom is -0.347 e. The second-order valence-corrected chi connectivity index (χ2v) is 7.09. The zero-order chi connectivity index (χ0) is 16.6. The van der Waals surface area contributed by atoms with E-state index < -0.39 is 5.41 Å². The number of hydrogen-bond donors (Lipinski definition) is 2. The molecule has 1 aliphatic carbocycles. The predicted octanol–water partition coefficient (Wildman–Crippen LogP) is 3.04. The number of carbonyl (C=O) groups is 2. The third-order valence-corrected chi connectivity index (χ3v) is 4.24. The molecule has 2 amide bonds. The molecule has 4 nitrogen and oxygen atoms in total. The topological polar surface area (TPSA) is 58.2 Å². The molecule has 0 spiro atoms. The number of rotatable bonds is 3. The average Bonchev–Trinajstić information content (AvgIpc) is 2.91. The van der Waals surface area contributed by atoms with Gasteiger partial charge in [-0.2, -0.15) is 0 Å². The summed E-state index contributed by atoms with van der Waals surface area (Å²) >= 11 is 0. The first kappa shape index (κ1) is 15.5. The summed E-state index contributed by atoms with van der Waals surface area (Å²) in [7, 11) is 0. The van der Waals surface area contributed by atoms with Crippen molar-refractivity contribution in [2.75, 3.05) is 11.9 Å². The standard InChI is InChI=1S/C19H22N2O2/c1-19(2,3)18(23)20-11-16(22)21-15-10-9-13-8-7-12-5-4-6-14(15)17(12)13/h4-6,9-10H,7-8,11H2,1-3H3,(H,20,23)(H,21,22). The quantitative estimate of drug-likeness (QED) is 0.915. The van der Waals surface area contributed by atoms with Gasteiger partial charge in [0.15, 0.2) is 0 Å². The van der Waals surface area contributed by atoms with E-state index in [9.17, 15) is 9.59 Å². The van der Waals surface area contributed by atoms with Gasteiger partial charge >= 0.3 is 0 Å². The Labute approximate surface area is 136 Å². The lowest BCUT2D eigenvalue weighted by atomic mass is 9.96. The predicted molar refractivity (Wildman–Crippen MR) is 92.5 cm³/mol. The number of nitrogens with one attached hydrogen (secondary N) is 2. The molecule has 1 aliphatic rings. The molecule has 2 aromatic rings. The molecular weight excluding hydrogens is 288 g/mol. The second-order valence-electron chi connectivity index (χ2n) is 7.09. The van der Waals surface area contributed by atoms with Gasteiger partial charge in [0, 0.05) is 16.5 Å². The molecule has 120 valence electrons. The van der Waals surface area contributed by atoms with E-state index in [4.69, 9.17) is 0 Å². The van der Waals surface area contributed by atoms with Gasteiger partial charge in [-0.25, -0.2) is 0 Å². The maximum absolute atomic E-state index is 12.1. The van der Waals surface area contributed by atoms with Gasteiger partial charge in [-0.1, -0.05) is 45.0 Å². The smallest absolute Gasteiger partial charge is 0.243 e. The molecule has 23 heavy (non-hydrogen) atoms. The van der Waals surface area contributed by atoms with Gasteiger partial charge in [0.05, 0.1) is 6.54 Å². The summed E-state index contributed by atoms with van der Waals surface area (Å²) < 4.78 is 0. The van der Waals surface area contributed by atoms with Crippen molar-refractivity contribution in [1.29, 1.82) is 0 Å². The van der Waals surface area contributed by atoms with Gasteiger partial charge in [-0.05, 0) is 35.4 Å². The van der Waals surface area contributed by atoms with Crippen LogP contribution in [0.5, 0.6) is 0 Å². The molecule has 0 saturated heterocycles. The van der Waals surface area contributed by atoms with Gasteiger partial charge < -0.3 is 10.6 Å². The van der Waals surface area contributed by atoms with Gasteiger partial charge in [0.2, 0.25) is 11.8 Å². The molecule has 3 rings (SSSR count). The maximum atomic E-state index is 12.1. The number of benzene rings is 2. The van der Waals surface area contributed by atoms with Crippen molar-refractivity contribution in [1.82, 2.24) is 5.32 Å². The third kappa shape index (κ3) is 3.07. The summed E-state index contributed by atoms with van der Waals surface area (Å²) in [5, 5.41) is 7.94. The van der Waals surface area contributed by atoms with Crippen LogP contribution in [0.4, 0.5) is 5.69 Å². The van der Waals surface area contributed by atoms with Gasteiger partial charge in [0.1, 0.15) is 0 Å². The van der Waals surface area contributed by atoms with Gasteiger partial charge in [0.25, 0.3) is 0 Å². The van der Waals surface area contributed by atoms with Crippen LogP contribution < -0.4 is 10.6 Å². The molecule has 0 saturated carbocycles. The summed E-state index contributed by atoms with van der Waals surface area (Å²) in [5.41, 5.74) is 2.99. The lowest BCUT2D eigenvalue weighted by Crippen LogP contribution is -2.39. The van der Waals surface area contributed by atoms with Crippen molar-refractivity contribution in [3.05, 3.63) is 41.5 Å². The number of amides is 2. The zero-order valence-corrected chi connectivity index (χ0v) is 13.8. The summed E-state index contributed by atoms with van der Waals surface area (Å²) in [4.78, 5) is 24.0. The van der Waals surface area contributed by atoms with Crippen molar-refractivity contribution in [3.8, 4) is 0 Å². The van der Waals surface area contributed by atoms with Crippen molar-refractivity contribution in [2.24, 2.45) is 5.41 Å². The van der Waals surface area contributed by atoms with Crippen molar-refractivity contribution < 1.29 is 9.59 Å². The molecule has 0 fully saturated rings. The Balaban J connectivity index is 1.75. The van der Waals surface area contributed by atoms with Crippen molar-refractivity contribution in [2.45, 2.75) is 33.6 Å². The van der Waals surface area contributed by atoms with Crippen LogP contribution in [-0.2, 0) is 22.4 Å². The third-order valence-electron chi connectivity index (χ3n) is 4.24. The van der Waals surface area contributed by atoms with Crippen LogP contribution in [0.25, 0.3) is 10.8 Å². The van der Waals surface area contributed by atoms with E-state index in [1.54, 1.807) is 0 Å². The van der Waals surface area contributed by atoms with Crippen LogP contribution in [0, 0.1) is 5.41 Å². The summed E-state index contributed by atoms with van der Waals surface area (Å²) in [6, 6.07) is 10.3. The molecule has 0 aliphatic heterocycles. The van der Waals surface area contributed by atoms with E-state index in [1.165, 1.54) is 16.5 Å². The van der Waals surface area contributed by atoms with Crippen molar-refractivity contribution >= 4 is 28.3 Å². The minimum atomic E-state index is -0.498. The molecule has 0 bridgehead atoms. The van der Waals surface area contributed by atoms with Crippen LogP contribution in [-0.4, -0.2) is 18.4 Å². The summed E-state index contributed by atoms with van der Waals surface area (Å²) in [5.74, 6) is -0.339. The summed E-state index contributed by atoms with van der Waals surface area (Å²) in [6.45, 7) is 5.45. The minimum absolute atomic E-state index is 0.0148. The van der Waals surface area contributed by atoms with Gasteiger partial charge in [-0.3, -0.25) is 9.59 Å². The lowest BCUT2D eigenvalue weighted by Gasteiger charge is -2.17. The number of aryl methyl sites for hydroxylation is 2. The molecule has 0 radical (unpaired) electrons. The van der Waals surface area contributed by atoms with Crippen LogP contribution in [0.3, 0.4) is 0 Å². The van der Waals surface area contributed by atoms with E-state index in [0.717, 1.165) is 23.9 Å². The Hall–Kier alpha value is -2.36.